The zero-order chi connectivity index (χ0) is 23.2. The Labute approximate surface area is 182 Å². The Balaban J connectivity index is 1.79. The van der Waals surface area contributed by atoms with Crippen LogP contribution < -0.4 is 10.6 Å². The minimum atomic E-state index is -1.30. The van der Waals surface area contributed by atoms with Gasteiger partial charge >= 0.3 is 18.0 Å². The fraction of sp³-hybridized carbons (Fsp3) is 0.818. The normalized spacial score (nSPS) is 30.6. The lowest BCUT2D eigenvalue weighted by atomic mass is 9.84. The number of nitrogens with one attached hydrogen (secondary N) is 2. The number of rotatable bonds is 7. The maximum atomic E-state index is 13.1. The number of alkyl carbamates (subject to hydrolysis) is 1. The summed E-state index contributed by atoms with van der Waals surface area (Å²) >= 11 is 0. The van der Waals surface area contributed by atoms with Gasteiger partial charge in [0.2, 0.25) is 5.91 Å². The number of hydrogen-bond acceptors (Lipinski definition) is 7. The topological polar surface area (TPSA) is 120 Å². The van der Waals surface area contributed by atoms with Gasteiger partial charge in [0.25, 0.3) is 0 Å². The van der Waals surface area contributed by atoms with Gasteiger partial charge in [0.15, 0.2) is 0 Å². The maximum absolute atomic E-state index is 13.1. The lowest BCUT2D eigenvalue weighted by Crippen LogP contribution is -2.61. The van der Waals surface area contributed by atoms with Crippen molar-refractivity contribution >= 4 is 23.9 Å². The summed E-state index contributed by atoms with van der Waals surface area (Å²) in [6.07, 6.45) is 1.54. The van der Waals surface area contributed by atoms with Crippen LogP contribution in [0.4, 0.5) is 4.79 Å². The average Bonchev–Trinajstić information content (AvgIpc) is 3.52. The van der Waals surface area contributed by atoms with Crippen LogP contribution in [0.2, 0.25) is 0 Å². The fourth-order valence-electron chi connectivity index (χ4n) is 5.20. The standard InChI is InChI=1S/C22H34N2O7/c1-7-29-17(26)13-14-15(13)22(18(27)30-8-2,11-21(14)9-10-21)24-16(25)12(3)23-19(28)31-20(4,5)6/h12-15H,7-11H2,1-6H3,(H,23,28)(H,24,25)/t12-,13-,14-,15+,22-/m0/s1. The molecule has 0 radical (unpaired) electrons. The Morgan fingerprint density at radius 3 is 2.16 bits per heavy atom. The van der Waals surface area contributed by atoms with Gasteiger partial charge in [0, 0.05) is 5.92 Å². The van der Waals surface area contributed by atoms with Crippen molar-refractivity contribution in [3.8, 4) is 0 Å². The molecule has 174 valence electrons. The highest BCUT2D eigenvalue weighted by atomic mass is 16.6. The molecular formula is C22H34N2O7. The van der Waals surface area contributed by atoms with E-state index in [2.05, 4.69) is 10.6 Å². The predicted octanol–water partition coefficient (Wildman–Crippen LogP) is 1.93. The minimum Gasteiger partial charge on any atom is -0.466 e. The molecule has 0 heterocycles. The van der Waals surface area contributed by atoms with Crippen LogP contribution in [0, 0.1) is 23.2 Å². The van der Waals surface area contributed by atoms with Crippen LogP contribution in [0.15, 0.2) is 0 Å². The van der Waals surface area contributed by atoms with Crippen molar-refractivity contribution in [2.75, 3.05) is 13.2 Å². The van der Waals surface area contributed by atoms with E-state index in [0.29, 0.717) is 6.42 Å². The van der Waals surface area contributed by atoms with Crippen LogP contribution in [0.25, 0.3) is 0 Å². The SMILES string of the molecule is CCOC(=O)[C@H]1[C@H]2[C@@H]1[C@](NC(=O)[C@H](C)NC(=O)OC(C)(C)C)(C(=O)OCC)CC21CC1. The second kappa shape index (κ2) is 7.98. The quantitative estimate of drug-likeness (QED) is 0.460. The second-order valence-electron chi connectivity index (χ2n) is 9.92. The van der Waals surface area contributed by atoms with Crippen molar-refractivity contribution in [2.24, 2.45) is 23.2 Å². The zero-order valence-corrected chi connectivity index (χ0v) is 19.2. The van der Waals surface area contributed by atoms with Crippen LogP contribution in [0.3, 0.4) is 0 Å². The van der Waals surface area contributed by atoms with Gasteiger partial charge in [-0.25, -0.2) is 9.59 Å². The van der Waals surface area contributed by atoms with E-state index in [1.54, 1.807) is 34.6 Å². The van der Waals surface area contributed by atoms with Crippen molar-refractivity contribution in [1.29, 1.82) is 0 Å². The van der Waals surface area contributed by atoms with Crippen molar-refractivity contribution < 1.29 is 33.4 Å². The number of hydrogen-bond donors (Lipinski definition) is 2. The first-order chi connectivity index (χ1) is 14.4. The molecule has 3 rings (SSSR count). The molecule has 3 aliphatic rings. The minimum absolute atomic E-state index is 0.00498. The molecule has 0 bridgehead atoms. The molecule has 2 N–H and O–H groups in total. The van der Waals surface area contributed by atoms with Gasteiger partial charge in [0.1, 0.15) is 17.2 Å². The Bertz CT molecular complexity index is 770. The molecule has 0 aromatic carbocycles. The first-order valence-corrected chi connectivity index (χ1v) is 11.1. The Kier molecular flexibility index (Phi) is 6.01. The summed E-state index contributed by atoms with van der Waals surface area (Å²) in [5.74, 6) is -2.15. The maximum Gasteiger partial charge on any atom is 0.408 e. The monoisotopic (exact) mass is 438 g/mol. The third-order valence-electron chi connectivity index (χ3n) is 6.49. The molecule has 0 aromatic rings. The molecule has 0 unspecified atom stereocenters. The summed E-state index contributed by atoms with van der Waals surface area (Å²) in [7, 11) is 0. The number of amides is 2. The summed E-state index contributed by atoms with van der Waals surface area (Å²) < 4.78 is 15.8. The molecule has 0 aromatic heterocycles. The highest BCUT2D eigenvalue weighted by molar-refractivity contribution is 5.94. The second-order valence-corrected chi connectivity index (χ2v) is 9.92. The third-order valence-corrected chi connectivity index (χ3v) is 6.49. The number of ether oxygens (including phenoxy) is 3. The number of fused-ring (bicyclic) bond motifs is 2. The summed E-state index contributed by atoms with van der Waals surface area (Å²) in [4.78, 5) is 50.7. The number of carbonyl (C=O) groups excluding carboxylic acids is 4. The van der Waals surface area contributed by atoms with Gasteiger partial charge in [0.05, 0.1) is 19.1 Å². The van der Waals surface area contributed by atoms with Crippen molar-refractivity contribution in [3.05, 3.63) is 0 Å². The lowest BCUT2D eigenvalue weighted by molar-refractivity contribution is -0.156. The summed E-state index contributed by atoms with van der Waals surface area (Å²) in [6, 6.07) is -0.935. The van der Waals surface area contributed by atoms with Gasteiger partial charge in [-0.2, -0.15) is 0 Å². The molecule has 0 aliphatic heterocycles. The first-order valence-electron chi connectivity index (χ1n) is 11.1. The molecule has 9 nitrogen and oxygen atoms in total. The largest absolute Gasteiger partial charge is 0.466 e. The van der Waals surface area contributed by atoms with E-state index in [1.165, 1.54) is 6.92 Å². The molecule has 2 amide bonds. The molecular weight excluding hydrogens is 404 g/mol. The van der Waals surface area contributed by atoms with Gasteiger partial charge in [-0.05, 0) is 72.1 Å². The number of esters is 2. The van der Waals surface area contributed by atoms with Crippen LogP contribution in [0.5, 0.6) is 0 Å². The van der Waals surface area contributed by atoms with E-state index in [9.17, 15) is 19.2 Å². The molecule has 9 heteroatoms. The molecule has 5 atom stereocenters. The van der Waals surface area contributed by atoms with E-state index in [0.717, 1.165) is 12.8 Å². The molecule has 0 saturated heterocycles. The predicted molar refractivity (Wildman–Crippen MR) is 110 cm³/mol. The molecule has 1 spiro atoms. The van der Waals surface area contributed by atoms with E-state index < -0.39 is 41.1 Å². The Hall–Kier alpha value is -2.32. The van der Waals surface area contributed by atoms with E-state index >= 15 is 0 Å². The summed E-state index contributed by atoms with van der Waals surface area (Å²) in [6.45, 7) is 10.6. The van der Waals surface area contributed by atoms with Gasteiger partial charge in [-0.3, -0.25) is 9.59 Å². The fourth-order valence-corrected chi connectivity index (χ4v) is 5.20. The van der Waals surface area contributed by atoms with Crippen molar-refractivity contribution in [3.63, 3.8) is 0 Å². The zero-order valence-electron chi connectivity index (χ0n) is 19.2. The molecule has 31 heavy (non-hydrogen) atoms. The number of carbonyl (C=O) groups is 4. The summed E-state index contributed by atoms with van der Waals surface area (Å²) in [5.41, 5.74) is -2.14. The summed E-state index contributed by atoms with van der Waals surface area (Å²) in [5, 5.41) is 5.37. The van der Waals surface area contributed by atoms with Crippen molar-refractivity contribution in [2.45, 2.75) is 78.0 Å². The highest BCUT2D eigenvalue weighted by Crippen LogP contribution is 2.79. The third kappa shape index (κ3) is 4.36. The van der Waals surface area contributed by atoms with Gasteiger partial charge < -0.3 is 24.8 Å². The van der Waals surface area contributed by atoms with Crippen LogP contribution >= 0.6 is 0 Å². The van der Waals surface area contributed by atoms with Crippen LogP contribution in [-0.2, 0) is 28.6 Å². The molecule has 3 fully saturated rings. The molecule has 3 saturated carbocycles. The van der Waals surface area contributed by atoms with E-state index in [-0.39, 0.29) is 36.4 Å². The van der Waals surface area contributed by atoms with E-state index in [1.807, 2.05) is 0 Å². The average molecular weight is 439 g/mol. The first kappa shape index (κ1) is 23.3. The van der Waals surface area contributed by atoms with Crippen LogP contribution in [0.1, 0.15) is 60.8 Å². The van der Waals surface area contributed by atoms with Gasteiger partial charge in [-0.1, -0.05) is 0 Å². The van der Waals surface area contributed by atoms with E-state index in [4.69, 9.17) is 14.2 Å². The smallest absolute Gasteiger partial charge is 0.408 e. The Morgan fingerprint density at radius 2 is 1.65 bits per heavy atom. The lowest BCUT2D eigenvalue weighted by Gasteiger charge is -2.33. The molecule has 3 aliphatic carbocycles. The van der Waals surface area contributed by atoms with Crippen molar-refractivity contribution in [1.82, 2.24) is 10.6 Å². The Morgan fingerprint density at radius 1 is 1.03 bits per heavy atom. The van der Waals surface area contributed by atoms with Crippen LogP contribution in [-0.4, -0.2) is 54.3 Å². The highest BCUT2D eigenvalue weighted by Gasteiger charge is 2.83. The van der Waals surface area contributed by atoms with Gasteiger partial charge in [-0.15, -0.1) is 0 Å².